The molecule has 4 rings (SSSR count). The number of hydrogen-bond acceptors (Lipinski definition) is 4. The minimum Gasteiger partial charge on any atom is -0.350 e. The number of nitrogens with one attached hydrogen (secondary N) is 1. The smallest absolute Gasteiger partial charge is 0.282 e. The van der Waals surface area contributed by atoms with Crippen LogP contribution in [0.25, 0.3) is 5.57 Å². The number of halogens is 1. The molecule has 27 heavy (non-hydrogen) atoms. The first-order valence-corrected chi connectivity index (χ1v) is 9.19. The van der Waals surface area contributed by atoms with Crippen molar-refractivity contribution in [1.29, 1.82) is 0 Å². The number of carbonyl (C=O) groups is 2. The van der Waals surface area contributed by atoms with Gasteiger partial charge in [0.15, 0.2) is 0 Å². The van der Waals surface area contributed by atoms with E-state index in [4.69, 9.17) is 0 Å². The van der Waals surface area contributed by atoms with Crippen molar-refractivity contribution < 1.29 is 14.0 Å². The summed E-state index contributed by atoms with van der Waals surface area (Å²) in [6.45, 7) is 1.97. The summed E-state index contributed by atoms with van der Waals surface area (Å²) in [6, 6.07) is 16.5. The highest BCUT2D eigenvalue weighted by molar-refractivity contribution is 7.11. The van der Waals surface area contributed by atoms with Gasteiger partial charge >= 0.3 is 0 Å². The van der Waals surface area contributed by atoms with Gasteiger partial charge in [-0.3, -0.25) is 9.59 Å². The number of rotatable bonds is 4. The van der Waals surface area contributed by atoms with Gasteiger partial charge in [0.25, 0.3) is 11.8 Å². The monoisotopic (exact) mass is 378 g/mol. The second-order valence-electron chi connectivity index (χ2n) is 6.14. The third-order valence-corrected chi connectivity index (χ3v) is 5.14. The van der Waals surface area contributed by atoms with Crippen LogP contribution in [0, 0.1) is 12.7 Å². The summed E-state index contributed by atoms with van der Waals surface area (Å²) in [6.07, 6.45) is 0. The lowest BCUT2D eigenvalue weighted by Gasteiger charge is -2.15. The lowest BCUT2D eigenvalue weighted by molar-refractivity contribution is -0.120. The second-order valence-corrected chi connectivity index (χ2v) is 7.09. The average molecular weight is 378 g/mol. The molecule has 1 aliphatic heterocycles. The minimum absolute atomic E-state index is 0.218. The molecule has 0 saturated carbocycles. The van der Waals surface area contributed by atoms with Crippen LogP contribution in [0.4, 0.5) is 15.8 Å². The van der Waals surface area contributed by atoms with Crippen molar-refractivity contribution in [2.24, 2.45) is 0 Å². The normalized spacial score (nSPS) is 14.2. The number of nitrogens with zero attached hydrogens (tertiary/aromatic N) is 1. The fourth-order valence-corrected chi connectivity index (χ4v) is 3.67. The molecule has 2 heterocycles. The molecule has 0 unspecified atom stereocenters. The molecule has 6 heteroatoms. The van der Waals surface area contributed by atoms with Crippen LogP contribution in [-0.2, 0) is 9.59 Å². The van der Waals surface area contributed by atoms with E-state index in [9.17, 15) is 14.0 Å². The molecule has 2 aromatic carbocycles. The van der Waals surface area contributed by atoms with Gasteiger partial charge in [0, 0.05) is 10.6 Å². The predicted octanol–water partition coefficient (Wildman–Crippen LogP) is 4.59. The fraction of sp³-hybridized carbons (Fsp3) is 0.0476. The highest BCUT2D eigenvalue weighted by Crippen LogP contribution is 2.35. The summed E-state index contributed by atoms with van der Waals surface area (Å²) < 4.78 is 13.3. The van der Waals surface area contributed by atoms with Gasteiger partial charge < -0.3 is 5.32 Å². The standard InChI is InChI=1S/C21H15FN2O2S/c1-13-4-8-15(9-5-13)23-19-18(17-3-2-12-27-17)20(25)24(21(19)26)16-10-6-14(22)7-11-16/h2-12,23H,1H3. The molecule has 0 saturated heterocycles. The number of aryl methyl sites for hydroxylation is 1. The Morgan fingerprint density at radius 2 is 1.63 bits per heavy atom. The number of carbonyl (C=O) groups excluding carboxylic acids is 2. The van der Waals surface area contributed by atoms with Gasteiger partial charge in [-0.1, -0.05) is 23.8 Å². The van der Waals surface area contributed by atoms with Crippen molar-refractivity contribution in [1.82, 2.24) is 0 Å². The van der Waals surface area contributed by atoms with Crippen LogP contribution >= 0.6 is 11.3 Å². The maximum atomic E-state index is 13.3. The number of imide groups is 1. The van der Waals surface area contributed by atoms with E-state index in [0.29, 0.717) is 21.8 Å². The van der Waals surface area contributed by atoms with Crippen LogP contribution in [0.5, 0.6) is 0 Å². The molecule has 1 aliphatic rings. The Bertz CT molecular complexity index is 1040. The van der Waals surface area contributed by atoms with Crippen LogP contribution in [0.2, 0.25) is 0 Å². The lowest BCUT2D eigenvalue weighted by atomic mass is 10.1. The van der Waals surface area contributed by atoms with E-state index in [0.717, 1.165) is 10.5 Å². The molecule has 4 nitrogen and oxygen atoms in total. The first-order chi connectivity index (χ1) is 13.0. The van der Waals surface area contributed by atoms with Gasteiger partial charge in [-0.25, -0.2) is 9.29 Å². The molecule has 0 spiro atoms. The van der Waals surface area contributed by atoms with Gasteiger partial charge in [0.05, 0.1) is 11.3 Å². The summed E-state index contributed by atoms with van der Waals surface area (Å²) in [5.74, 6) is -1.32. The number of hydrogen-bond donors (Lipinski definition) is 1. The molecule has 1 aromatic heterocycles. The van der Waals surface area contributed by atoms with Gasteiger partial charge in [0.1, 0.15) is 11.5 Å². The van der Waals surface area contributed by atoms with E-state index in [1.807, 2.05) is 42.6 Å². The lowest BCUT2D eigenvalue weighted by Crippen LogP contribution is -2.32. The van der Waals surface area contributed by atoms with Crippen LogP contribution in [0.1, 0.15) is 10.4 Å². The molecule has 0 atom stereocenters. The zero-order valence-electron chi connectivity index (χ0n) is 14.4. The summed E-state index contributed by atoms with van der Waals surface area (Å²) in [5.41, 5.74) is 2.68. The van der Waals surface area contributed by atoms with E-state index in [2.05, 4.69) is 5.32 Å². The zero-order chi connectivity index (χ0) is 19.0. The molecule has 134 valence electrons. The van der Waals surface area contributed by atoms with E-state index in [1.165, 1.54) is 35.6 Å². The molecule has 3 aromatic rings. The first-order valence-electron chi connectivity index (χ1n) is 8.31. The number of benzene rings is 2. The van der Waals surface area contributed by atoms with Gasteiger partial charge in [-0.05, 0) is 54.8 Å². The van der Waals surface area contributed by atoms with Gasteiger partial charge in [-0.15, -0.1) is 11.3 Å². The Labute approximate surface area is 159 Å². The molecule has 1 N–H and O–H groups in total. The highest BCUT2D eigenvalue weighted by Gasteiger charge is 2.40. The fourth-order valence-electron chi connectivity index (χ4n) is 2.90. The molecule has 0 aliphatic carbocycles. The van der Waals surface area contributed by atoms with Crippen molar-refractivity contribution in [2.45, 2.75) is 6.92 Å². The molecular weight excluding hydrogens is 363 g/mol. The van der Waals surface area contributed by atoms with Crippen molar-refractivity contribution >= 4 is 40.1 Å². The Hall–Kier alpha value is -3.25. The van der Waals surface area contributed by atoms with Gasteiger partial charge in [-0.2, -0.15) is 0 Å². The summed E-state index contributed by atoms with van der Waals surface area (Å²) >= 11 is 1.38. The Balaban J connectivity index is 1.78. The first kappa shape index (κ1) is 17.2. The Morgan fingerprint density at radius 1 is 0.926 bits per heavy atom. The SMILES string of the molecule is Cc1ccc(NC2=C(c3cccs3)C(=O)N(c3ccc(F)cc3)C2=O)cc1. The van der Waals surface area contributed by atoms with Crippen LogP contribution in [0.15, 0.2) is 71.7 Å². The maximum absolute atomic E-state index is 13.3. The van der Waals surface area contributed by atoms with Gasteiger partial charge in [0.2, 0.25) is 0 Å². The number of anilines is 2. The highest BCUT2D eigenvalue weighted by atomic mass is 32.1. The van der Waals surface area contributed by atoms with Crippen LogP contribution < -0.4 is 10.2 Å². The van der Waals surface area contributed by atoms with Crippen LogP contribution in [0.3, 0.4) is 0 Å². The quantitative estimate of drug-likeness (QED) is 0.676. The summed E-state index contributed by atoms with van der Waals surface area (Å²) in [5, 5.41) is 4.95. The summed E-state index contributed by atoms with van der Waals surface area (Å²) in [7, 11) is 0. The Morgan fingerprint density at radius 3 is 2.26 bits per heavy atom. The molecule has 0 fully saturated rings. The van der Waals surface area contributed by atoms with E-state index in [1.54, 1.807) is 6.07 Å². The number of thiophene rings is 1. The molecular formula is C21H15FN2O2S. The predicted molar refractivity (Wildman–Crippen MR) is 105 cm³/mol. The van der Waals surface area contributed by atoms with Crippen molar-refractivity contribution in [3.8, 4) is 0 Å². The second kappa shape index (κ2) is 6.81. The van der Waals surface area contributed by atoms with E-state index in [-0.39, 0.29) is 5.70 Å². The Kier molecular flexibility index (Phi) is 4.33. The largest absolute Gasteiger partial charge is 0.350 e. The third-order valence-electron chi connectivity index (χ3n) is 4.26. The van der Waals surface area contributed by atoms with Crippen molar-refractivity contribution in [3.63, 3.8) is 0 Å². The average Bonchev–Trinajstić information content (AvgIpc) is 3.26. The minimum atomic E-state index is -0.462. The zero-order valence-corrected chi connectivity index (χ0v) is 15.2. The van der Waals surface area contributed by atoms with Crippen LogP contribution in [-0.4, -0.2) is 11.8 Å². The third kappa shape index (κ3) is 3.15. The van der Waals surface area contributed by atoms with Crippen molar-refractivity contribution in [3.05, 3.63) is 88.0 Å². The topological polar surface area (TPSA) is 49.4 Å². The van der Waals surface area contributed by atoms with E-state index >= 15 is 0 Å². The maximum Gasteiger partial charge on any atom is 0.282 e. The molecule has 2 amide bonds. The van der Waals surface area contributed by atoms with Crippen molar-refractivity contribution in [2.75, 3.05) is 10.2 Å². The summed E-state index contributed by atoms with van der Waals surface area (Å²) in [4.78, 5) is 27.9. The number of amides is 2. The molecule has 0 radical (unpaired) electrons. The molecule has 0 bridgehead atoms. The van der Waals surface area contributed by atoms with E-state index < -0.39 is 17.6 Å².